The number of amides is 2. The van der Waals surface area contributed by atoms with Gasteiger partial charge in [0, 0.05) is 21.1 Å². The molecule has 1 unspecified atom stereocenters. The normalized spacial score (nSPS) is 11.9. The van der Waals surface area contributed by atoms with Gasteiger partial charge in [0.05, 0.1) is 6.42 Å². The number of fused-ring (bicyclic) bond motifs is 1. The van der Waals surface area contributed by atoms with Gasteiger partial charge in [-0.15, -0.1) is 0 Å². The number of benzene rings is 2. The summed E-state index contributed by atoms with van der Waals surface area (Å²) in [5, 5.41) is 0.977. The van der Waals surface area contributed by atoms with E-state index in [1.807, 2.05) is 57.2 Å². The van der Waals surface area contributed by atoms with Crippen LogP contribution in [0.1, 0.15) is 29.3 Å². The number of carbonyl (C=O) groups excluding carboxylic acids is 2. The first-order chi connectivity index (χ1) is 13.8. The van der Waals surface area contributed by atoms with Crippen molar-refractivity contribution in [3.05, 3.63) is 63.3 Å². The van der Waals surface area contributed by atoms with Gasteiger partial charge in [-0.25, -0.2) is 0 Å². The second-order valence-corrected chi connectivity index (χ2v) is 8.01. The highest BCUT2D eigenvalue weighted by molar-refractivity contribution is 9.10. The predicted octanol–water partition coefficient (Wildman–Crippen LogP) is 4.01. The van der Waals surface area contributed by atoms with Crippen molar-refractivity contribution in [2.24, 2.45) is 0 Å². The van der Waals surface area contributed by atoms with Crippen LogP contribution < -0.4 is 15.6 Å². The number of nitrogens with one attached hydrogen (secondary N) is 3. The number of hydrogen-bond donors (Lipinski definition) is 3. The third kappa shape index (κ3) is 4.79. The van der Waals surface area contributed by atoms with Gasteiger partial charge in [-0.3, -0.25) is 20.4 Å². The summed E-state index contributed by atoms with van der Waals surface area (Å²) in [4.78, 5) is 28.0. The average Bonchev–Trinajstić information content (AvgIpc) is 2.98. The quantitative estimate of drug-likeness (QED) is 0.506. The molecule has 0 aliphatic rings. The summed E-state index contributed by atoms with van der Waals surface area (Å²) >= 11 is 3.46. The molecular formula is C22H24BrN3O3. The number of rotatable bonds is 5. The Kier molecular flexibility index (Phi) is 6.27. The Hall–Kier alpha value is -2.80. The lowest BCUT2D eigenvalue weighted by atomic mass is 10.1. The maximum absolute atomic E-state index is 12.4. The van der Waals surface area contributed by atoms with E-state index in [-0.39, 0.29) is 12.3 Å². The fourth-order valence-electron chi connectivity index (χ4n) is 3.12. The van der Waals surface area contributed by atoms with E-state index >= 15 is 0 Å². The number of H-pyrrole nitrogens is 1. The minimum absolute atomic E-state index is 0.148. The van der Waals surface area contributed by atoms with E-state index in [1.165, 1.54) is 0 Å². The molecule has 3 N–H and O–H groups in total. The summed E-state index contributed by atoms with van der Waals surface area (Å²) in [7, 11) is 0. The number of aryl methyl sites for hydroxylation is 2. The van der Waals surface area contributed by atoms with Crippen LogP contribution in [0.5, 0.6) is 5.75 Å². The van der Waals surface area contributed by atoms with Gasteiger partial charge >= 0.3 is 0 Å². The van der Waals surface area contributed by atoms with Crippen molar-refractivity contribution in [3.63, 3.8) is 0 Å². The molecule has 0 aliphatic carbocycles. The fourth-order valence-corrected chi connectivity index (χ4v) is 3.48. The number of hydrazine groups is 1. The van der Waals surface area contributed by atoms with Crippen molar-refractivity contribution in [2.45, 2.75) is 40.2 Å². The van der Waals surface area contributed by atoms with Crippen molar-refractivity contribution in [1.82, 2.24) is 15.8 Å². The minimum atomic E-state index is -0.749. The molecule has 2 amide bonds. The summed E-state index contributed by atoms with van der Waals surface area (Å²) in [6.45, 7) is 7.50. The summed E-state index contributed by atoms with van der Waals surface area (Å²) in [5.74, 6) is -0.0714. The SMILES string of the molecule is Cc1cccc(OC(C)C(=O)NNC(=O)Cc2c(C)[nH]c3ccc(Br)cc23)c1C. The monoisotopic (exact) mass is 457 g/mol. The average molecular weight is 458 g/mol. The summed E-state index contributed by atoms with van der Waals surface area (Å²) < 4.78 is 6.68. The number of ether oxygens (including phenoxy) is 1. The van der Waals surface area contributed by atoms with Gasteiger partial charge in [-0.1, -0.05) is 28.1 Å². The number of hydrogen-bond acceptors (Lipinski definition) is 3. The topological polar surface area (TPSA) is 83.2 Å². The molecule has 1 atom stereocenters. The second-order valence-electron chi connectivity index (χ2n) is 7.09. The molecule has 152 valence electrons. The van der Waals surface area contributed by atoms with Crippen LogP contribution in [0.4, 0.5) is 0 Å². The van der Waals surface area contributed by atoms with E-state index in [0.717, 1.165) is 37.8 Å². The van der Waals surface area contributed by atoms with Crippen LogP contribution in [-0.4, -0.2) is 22.9 Å². The first-order valence-electron chi connectivity index (χ1n) is 9.34. The van der Waals surface area contributed by atoms with E-state index in [0.29, 0.717) is 5.75 Å². The zero-order valence-electron chi connectivity index (χ0n) is 16.9. The van der Waals surface area contributed by atoms with E-state index < -0.39 is 12.0 Å². The van der Waals surface area contributed by atoms with Crippen molar-refractivity contribution in [2.75, 3.05) is 0 Å². The lowest BCUT2D eigenvalue weighted by Crippen LogP contribution is -2.47. The third-order valence-electron chi connectivity index (χ3n) is 4.97. The molecule has 0 bridgehead atoms. The molecule has 1 aromatic heterocycles. The maximum atomic E-state index is 12.4. The lowest BCUT2D eigenvalue weighted by molar-refractivity contribution is -0.132. The summed E-state index contributed by atoms with van der Waals surface area (Å²) in [6, 6.07) is 11.6. The first kappa shape index (κ1) is 20.9. The zero-order valence-corrected chi connectivity index (χ0v) is 18.4. The van der Waals surface area contributed by atoms with Crippen LogP contribution in [0, 0.1) is 20.8 Å². The van der Waals surface area contributed by atoms with Gasteiger partial charge in [-0.2, -0.15) is 0 Å². The van der Waals surface area contributed by atoms with Crippen molar-refractivity contribution < 1.29 is 14.3 Å². The van der Waals surface area contributed by atoms with Crippen LogP contribution >= 0.6 is 15.9 Å². The predicted molar refractivity (Wildman–Crippen MR) is 117 cm³/mol. The smallest absolute Gasteiger partial charge is 0.279 e. The van der Waals surface area contributed by atoms with E-state index in [2.05, 4.69) is 31.8 Å². The van der Waals surface area contributed by atoms with Crippen LogP contribution in [-0.2, 0) is 16.0 Å². The Morgan fingerprint density at radius 1 is 1.14 bits per heavy atom. The molecule has 2 aromatic carbocycles. The Bertz CT molecular complexity index is 1070. The highest BCUT2D eigenvalue weighted by Gasteiger charge is 2.18. The molecule has 3 aromatic rings. The molecule has 6 nitrogen and oxygen atoms in total. The number of halogens is 1. The van der Waals surface area contributed by atoms with Crippen molar-refractivity contribution >= 4 is 38.6 Å². The third-order valence-corrected chi connectivity index (χ3v) is 5.47. The standard InChI is InChI=1S/C22H24BrN3O3/c1-12-6-5-7-20(13(12)2)29-15(4)22(28)26-25-21(27)11-17-14(3)24-19-9-8-16(23)10-18(17)19/h5-10,15,24H,11H2,1-4H3,(H,25,27)(H,26,28). The number of aromatic amines is 1. The van der Waals surface area contributed by atoms with E-state index in [4.69, 9.17) is 4.74 Å². The maximum Gasteiger partial charge on any atom is 0.279 e. The van der Waals surface area contributed by atoms with Gasteiger partial charge in [0.1, 0.15) is 5.75 Å². The van der Waals surface area contributed by atoms with Crippen LogP contribution in [0.15, 0.2) is 40.9 Å². The molecule has 0 saturated carbocycles. The zero-order chi connectivity index (χ0) is 21.1. The van der Waals surface area contributed by atoms with E-state index in [1.54, 1.807) is 6.92 Å². The Morgan fingerprint density at radius 2 is 1.90 bits per heavy atom. The molecule has 0 spiro atoms. The lowest BCUT2D eigenvalue weighted by Gasteiger charge is -2.17. The van der Waals surface area contributed by atoms with E-state index in [9.17, 15) is 9.59 Å². The molecule has 0 saturated heterocycles. The molecule has 0 fully saturated rings. The molecule has 3 rings (SSSR count). The summed E-state index contributed by atoms with van der Waals surface area (Å²) in [6.07, 6.45) is -0.601. The number of aromatic nitrogens is 1. The molecule has 0 aliphatic heterocycles. The van der Waals surface area contributed by atoms with Crippen molar-refractivity contribution in [1.29, 1.82) is 0 Å². The molecule has 7 heteroatoms. The Balaban J connectivity index is 1.59. The van der Waals surface area contributed by atoms with Gasteiger partial charge in [0.2, 0.25) is 5.91 Å². The van der Waals surface area contributed by atoms with Gasteiger partial charge in [0.15, 0.2) is 6.10 Å². The molecule has 1 heterocycles. The molecule has 0 radical (unpaired) electrons. The number of carbonyl (C=O) groups is 2. The molecular weight excluding hydrogens is 434 g/mol. The van der Waals surface area contributed by atoms with Crippen LogP contribution in [0.3, 0.4) is 0 Å². The first-order valence-corrected chi connectivity index (χ1v) is 10.1. The van der Waals surface area contributed by atoms with Crippen LogP contribution in [0.25, 0.3) is 10.9 Å². The summed E-state index contributed by atoms with van der Waals surface area (Å²) in [5.41, 5.74) is 9.78. The highest BCUT2D eigenvalue weighted by atomic mass is 79.9. The van der Waals surface area contributed by atoms with Gasteiger partial charge < -0.3 is 9.72 Å². The highest BCUT2D eigenvalue weighted by Crippen LogP contribution is 2.26. The fraction of sp³-hybridized carbons (Fsp3) is 0.273. The largest absolute Gasteiger partial charge is 0.481 e. The second kappa shape index (κ2) is 8.69. The Morgan fingerprint density at radius 3 is 2.66 bits per heavy atom. The molecule has 29 heavy (non-hydrogen) atoms. The van der Waals surface area contributed by atoms with Gasteiger partial charge in [0.25, 0.3) is 5.91 Å². The minimum Gasteiger partial charge on any atom is -0.481 e. The van der Waals surface area contributed by atoms with Crippen molar-refractivity contribution in [3.8, 4) is 5.75 Å². The van der Waals surface area contributed by atoms with Gasteiger partial charge in [-0.05, 0) is 68.7 Å². The van der Waals surface area contributed by atoms with Crippen LogP contribution in [0.2, 0.25) is 0 Å². The Labute approximate surface area is 178 Å².